The number of sulfonamides is 1. The molecule has 2 aromatic carbocycles. The summed E-state index contributed by atoms with van der Waals surface area (Å²) >= 11 is 0. The van der Waals surface area contributed by atoms with Crippen molar-refractivity contribution < 1.29 is 13.2 Å². The maximum absolute atomic E-state index is 11.7. The van der Waals surface area contributed by atoms with E-state index in [1.54, 1.807) is 25.6 Å². The second kappa shape index (κ2) is 8.53. The fraction of sp³-hybridized carbons (Fsp3) is 0.250. The highest BCUT2D eigenvalue weighted by molar-refractivity contribution is 7.92. The van der Waals surface area contributed by atoms with Crippen LogP contribution in [0.2, 0.25) is 0 Å². The predicted molar refractivity (Wildman–Crippen MR) is 132 cm³/mol. The largest absolute Gasteiger partial charge is 0.480 e. The van der Waals surface area contributed by atoms with Gasteiger partial charge in [0.15, 0.2) is 0 Å². The topological polar surface area (TPSA) is 110 Å². The van der Waals surface area contributed by atoms with Crippen molar-refractivity contribution in [2.75, 3.05) is 29.5 Å². The van der Waals surface area contributed by atoms with E-state index in [-0.39, 0.29) is 0 Å². The van der Waals surface area contributed by atoms with E-state index in [4.69, 9.17) is 4.74 Å². The van der Waals surface area contributed by atoms with Gasteiger partial charge in [-0.15, -0.1) is 10.2 Å². The van der Waals surface area contributed by atoms with Crippen molar-refractivity contribution in [1.82, 2.24) is 20.2 Å². The Morgan fingerprint density at radius 1 is 1.03 bits per heavy atom. The van der Waals surface area contributed by atoms with Crippen molar-refractivity contribution in [2.45, 2.75) is 19.9 Å². The van der Waals surface area contributed by atoms with Gasteiger partial charge < -0.3 is 9.64 Å². The molecule has 174 valence electrons. The molecule has 0 radical (unpaired) electrons. The average molecular weight is 477 g/mol. The Hall–Kier alpha value is -3.79. The zero-order chi connectivity index (χ0) is 23.9. The second-order valence-electron chi connectivity index (χ2n) is 8.38. The molecule has 4 aromatic rings. The summed E-state index contributed by atoms with van der Waals surface area (Å²) in [5, 5.41) is 9.32. The number of fused-ring (bicyclic) bond motifs is 2. The molecule has 0 bridgehead atoms. The number of nitrogens with zero attached hydrogens (tertiary/aromatic N) is 5. The summed E-state index contributed by atoms with van der Waals surface area (Å²) in [6.45, 7) is 3.43. The summed E-state index contributed by atoms with van der Waals surface area (Å²) in [4.78, 5) is 11.4. The lowest BCUT2D eigenvalue weighted by Crippen LogP contribution is -2.31. The number of nitrogens with one attached hydrogen (secondary N) is 1. The summed E-state index contributed by atoms with van der Waals surface area (Å²) < 4.78 is 31.0. The molecule has 0 amide bonds. The highest BCUT2D eigenvalue weighted by Crippen LogP contribution is 2.33. The Morgan fingerprint density at radius 2 is 1.88 bits per heavy atom. The first-order valence-electron chi connectivity index (χ1n) is 10.8. The van der Waals surface area contributed by atoms with Crippen LogP contribution in [-0.2, 0) is 23.0 Å². The fourth-order valence-corrected chi connectivity index (χ4v) is 4.89. The molecule has 1 aliphatic heterocycles. The van der Waals surface area contributed by atoms with E-state index in [2.05, 4.69) is 29.8 Å². The van der Waals surface area contributed by atoms with E-state index in [0.717, 1.165) is 58.3 Å². The number of methoxy groups -OCH3 is 1. The normalized spacial score (nSPS) is 13.6. The minimum atomic E-state index is -3.34. The van der Waals surface area contributed by atoms with E-state index in [1.807, 2.05) is 37.3 Å². The molecular formula is C24H24N6O3S. The van der Waals surface area contributed by atoms with Gasteiger partial charge in [-0.25, -0.2) is 18.4 Å². The molecule has 0 saturated heterocycles. The Balaban J connectivity index is 1.54. The third-order valence-corrected chi connectivity index (χ3v) is 6.48. The van der Waals surface area contributed by atoms with Crippen LogP contribution >= 0.6 is 0 Å². The van der Waals surface area contributed by atoms with E-state index in [0.29, 0.717) is 18.1 Å². The highest BCUT2D eigenvalue weighted by atomic mass is 32.2. The summed E-state index contributed by atoms with van der Waals surface area (Å²) in [5.41, 5.74) is 6.40. The first kappa shape index (κ1) is 22.0. The number of aryl methyl sites for hydroxylation is 1. The summed E-state index contributed by atoms with van der Waals surface area (Å²) in [6.07, 6.45) is 3.58. The zero-order valence-corrected chi connectivity index (χ0v) is 19.9. The molecule has 1 aliphatic rings. The molecule has 0 saturated carbocycles. The summed E-state index contributed by atoms with van der Waals surface area (Å²) in [7, 11) is -1.78. The molecule has 0 unspecified atom stereocenters. The minimum absolute atomic E-state index is 0.460. The van der Waals surface area contributed by atoms with Gasteiger partial charge in [0.1, 0.15) is 12.1 Å². The SMILES string of the molecule is COc1ccc(-c2cc(C)c3ncnc(N4CCc5ccc(NS(C)(=O)=O)cc5C4)c3c2)nn1. The lowest BCUT2D eigenvalue weighted by atomic mass is 9.98. The monoisotopic (exact) mass is 476 g/mol. The van der Waals surface area contributed by atoms with Gasteiger partial charge in [0, 0.05) is 35.8 Å². The van der Waals surface area contributed by atoms with Crippen molar-refractivity contribution in [3.05, 3.63) is 65.5 Å². The number of benzene rings is 2. The van der Waals surface area contributed by atoms with Gasteiger partial charge in [-0.1, -0.05) is 6.07 Å². The molecule has 0 spiro atoms. The molecule has 0 aliphatic carbocycles. The number of anilines is 2. The van der Waals surface area contributed by atoms with Crippen LogP contribution in [0.5, 0.6) is 5.88 Å². The second-order valence-corrected chi connectivity index (χ2v) is 10.1. The van der Waals surface area contributed by atoms with Crippen molar-refractivity contribution in [3.8, 4) is 17.1 Å². The zero-order valence-electron chi connectivity index (χ0n) is 19.1. The molecule has 2 aromatic heterocycles. The van der Waals surface area contributed by atoms with Crippen LogP contribution in [0.3, 0.4) is 0 Å². The van der Waals surface area contributed by atoms with E-state index in [1.165, 1.54) is 5.56 Å². The maximum Gasteiger partial charge on any atom is 0.233 e. The molecule has 1 N–H and O–H groups in total. The van der Waals surface area contributed by atoms with E-state index in [9.17, 15) is 8.42 Å². The van der Waals surface area contributed by atoms with Gasteiger partial charge in [-0.05, 0) is 60.4 Å². The third-order valence-electron chi connectivity index (χ3n) is 5.87. The van der Waals surface area contributed by atoms with Gasteiger partial charge in [0.25, 0.3) is 0 Å². The Bertz CT molecular complexity index is 1490. The van der Waals surface area contributed by atoms with Gasteiger partial charge >= 0.3 is 0 Å². The third kappa shape index (κ3) is 4.36. The molecule has 5 rings (SSSR count). The van der Waals surface area contributed by atoms with Gasteiger partial charge in [-0.2, -0.15) is 0 Å². The van der Waals surface area contributed by atoms with Gasteiger partial charge in [0.2, 0.25) is 15.9 Å². The van der Waals surface area contributed by atoms with Crippen LogP contribution in [-0.4, -0.2) is 48.5 Å². The smallest absolute Gasteiger partial charge is 0.233 e. The summed E-state index contributed by atoms with van der Waals surface area (Å²) in [5.74, 6) is 1.30. The van der Waals surface area contributed by atoms with E-state index >= 15 is 0 Å². The average Bonchev–Trinajstić information content (AvgIpc) is 2.82. The van der Waals surface area contributed by atoms with Crippen LogP contribution in [0.4, 0.5) is 11.5 Å². The van der Waals surface area contributed by atoms with Crippen LogP contribution in [0, 0.1) is 6.92 Å². The fourth-order valence-electron chi connectivity index (χ4n) is 4.33. The quantitative estimate of drug-likeness (QED) is 0.467. The van der Waals surface area contributed by atoms with Crippen molar-refractivity contribution in [3.63, 3.8) is 0 Å². The Morgan fingerprint density at radius 3 is 2.62 bits per heavy atom. The van der Waals surface area contributed by atoms with Crippen LogP contribution in [0.25, 0.3) is 22.2 Å². The number of ether oxygens (including phenoxy) is 1. The molecule has 9 nitrogen and oxygen atoms in total. The maximum atomic E-state index is 11.7. The predicted octanol–water partition coefficient (Wildman–Crippen LogP) is 3.34. The lowest BCUT2D eigenvalue weighted by molar-refractivity contribution is 0.392. The van der Waals surface area contributed by atoms with Crippen LogP contribution in [0.15, 0.2) is 48.8 Å². The number of aromatic nitrogens is 4. The number of rotatable bonds is 5. The van der Waals surface area contributed by atoms with Crippen LogP contribution < -0.4 is 14.4 Å². The molecule has 10 heteroatoms. The number of hydrogen-bond acceptors (Lipinski definition) is 8. The Kier molecular flexibility index (Phi) is 5.52. The molecule has 0 fully saturated rings. The lowest BCUT2D eigenvalue weighted by Gasteiger charge is -2.31. The molecular weight excluding hydrogens is 452 g/mol. The first-order valence-corrected chi connectivity index (χ1v) is 12.7. The summed E-state index contributed by atoms with van der Waals surface area (Å²) in [6, 6.07) is 13.5. The van der Waals surface area contributed by atoms with Crippen molar-refractivity contribution in [1.29, 1.82) is 0 Å². The first-order chi connectivity index (χ1) is 16.3. The van der Waals surface area contributed by atoms with Crippen molar-refractivity contribution >= 4 is 32.4 Å². The highest BCUT2D eigenvalue weighted by Gasteiger charge is 2.21. The van der Waals surface area contributed by atoms with Gasteiger partial charge in [0.05, 0.1) is 24.6 Å². The van der Waals surface area contributed by atoms with Gasteiger partial charge in [-0.3, -0.25) is 4.72 Å². The Labute approximate surface area is 197 Å². The number of hydrogen-bond donors (Lipinski definition) is 1. The molecule has 3 heterocycles. The minimum Gasteiger partial charge on any atom is -0.480 e. The van der Waals surface area contributed by atoms with Crippen LogP contribution in [0.1, 0.15) is 16.7 Å². The van der Waals surface area contributed by atoms with E-state index < -0.39 is 10.0 Å². The van der Waals surface area contributed by atoms with Crippen molar-refractivity contribution in [2.24, 2.45) is 0 Å². The molecule has 34 heavy (non-hydrogen) atoms. The standard InChI is InChI=1S/C24H24N6O3S/c1-15-10-17(21-6-7-22(33-2)28-27-21)12-20-23(15)25-14-26-24(20)30-9-8-16-4-5-19(11-18(16)13-30)29-34(3,31)32/h4-7,10-12,14,29H,8-9,13H2,1-3H3. The molecule has 0 atom stereocenters.